The van der Waals surface area contributed by atoms with Gasteiger partial charge in [0.2, 0.25) is 0 Å². The van der Waals surface area contributed by atoms with Crippen molar-refractivity contribution in [1.82, 2.24) is 18.3 Å². The molecule has 0 bridgehead atoms. The summed E-state index contributed by atoms with van der Waals surface area (Å²) in [7, 11) is -1.50. The number of nitrogens with zero attached hydrogens (tertiary/aromatic N) is 4. The van der Waals surface area contributed by atoms with Crippen LogP contribution in [0.2, 0.25) is 0 Å². The zero-order chi connectivity index (χ0) is 61.1. The fourth-order valence-electron chi connectivity index (χ4n) is 14.9. The Hall–Kier alpha value is -11.3. The third kappa shape index (κ3) is 8.35. The van der Waals surface area contributed by atoms with Crippen LogP contribution in [-0.4, -0.2) is 35.4 Å². The van der Waals surface area contributed by atoms with E-state index in [2.05, 4.69) is 325 Å². The number of halogens is 1. The molecule has 2 N–H and O–H groups in total. The van der Waals surface area contributed by atoms with Gasteiger partial charge in [-0.1, -0.05) is 240 Å². The van der Waals surface area contributed by atoms with E-state index in [-0.39, 0.29) is 0 Å². The van der Waals surface area contributed by atoms with Gasteiger partial charge in [-0.2, -0.15) is 0 Å². The van der Waals surface area contributed by atoms with Gasteiger partial charge in [-0.15, -0.1) is 0 Å². The second-order valence-electron chi connectivity index (χ2n) is 23.8. The van der Waals surface area contributed by atoms with Crippen LogP contribution in [0.25, 0.3) is 166 Å². The van der Waals surface area contributed by atoms with E-state index in [0.29, 0.717) is 5.46 Å². The highest BCUT2D eigenvalue weighted by atomic mass is 79.9. The summed E-state index contributed by atoms with van der Waals surface area (Å²) in [6, 6.07) is 112. The lowest BCUT2D eigenvalue weighted by Crippen LogP contribution is -2.29. The van der Waals surface area contributed by atoms with Gasteiger partial charge in [0.1, 0.15) is 0 Å². The van der Waals surface area contributed by atoms with Gasteiger partial charge in [0.05, 0.1) is 55.5 Å². The number of fused-ring (bicyclic) bond motifs is 22. The van der Waals surface area contributed by atoms with Crippen molar-refractivity contribution in [1.29, 1.82) is 0 Å². The lowest BCUT2D eigenvalue weighted by atomic mass is 9.78. The number of para-hydroxylation sites is 8. The van der Waals surface area contributed by atoms with Crippen molar-refractivity contribution >= 4 is 116 Å². The van der Waals surface area contributed by atoms with Crippen molar-refractivity contribution < 1.29 is 10.0 Å². The highest BCUT2D eigenvalue weighted by Gasteiger charge is 2.27. The van der Waals surface area contributed by atoms with Crippen LogP contribution in [0.1, 0.15) is 0 Å². The fourth-order valence-corrected chi connectivity index (χ4v) is 15.2. The predicted octanol–water partition coefficient (Wildman–Crippen LogP) is 20.9. The van der Waals surface area contributed by atoms with E-state index in [0.717, 1.165) is 32.4 Å². The highest BCUT2D eigenvalue weighted by molar-refractivity contribution is 9.10. The molecule has 0 spiro atoms. The highest BCUT2D eigenvalue weighted by Crippen LogP contribution is 2.49. The van der Waals surface area contributed by atoms with Gasteiger partial charge >= 0.3 is 7.12 Å². The van der Waals surface area contributed by atoms with Crippen LogP contribution in [0.5, 0.6) is 0 Å². The summed E-state index contributed by atoms with van der Waals surface area (Å²) >= 11 is 3.50. The molecule has 0 atom stereocenters. The Morgan fingerprint density at radius 3 is 0.957 bits per heavy atom. The normalized spacial score (nSPS) is 11.9. The largest absolute Gasteiger partial charge is 0.488 e. The van der Waals surface area contributed by atoms with Crippen LogP contribution in [0.4, 0.5) is 0 Å². The van der Waals surface area contributed by atoms with E-state index in [9.17, 15) is 10.0 Å². The first-order valence-corrected chi connectivity index (χ1v) is 31.9. The van der Waals surface area contributed by atoms with Crippen LogP contribution in [0.3, 0.4) is 0 Å². The second-order valence-corrected chi connectivity index (χ2v) is 24.8. The molecule has 8 heteroatoms. The van der Waals surface area contributed by atoms with Crippen LogP contribution < -0.4 is 5.46 Å². The first kappa shape index (κ1) is 53.7. The standard InChI is InChI=1S/C42H26N2.C24H16BNO2.C18H12BrN/c1-2-11-31-30(10-1)35-15-9-16-36-34-14-5-8-19-40(34)44(42(35)36)41-25-22-28(26-37(31)41)27-20-23-29(24-21-27)43-38-17-6-3-12-32(38)33-13-4-7-18-39(33)43;27-25(28)15-12-13-23-21(14-15)17-7-2-1-6-16(17)19-9-5-10-20-18-8-3-4-11-22(18)26(23)24(19)20;19-13-9-11-14(12-10-13)20-17-7-3-1-5-15(17)16-6-2-4-8-18(16)20/h1-26H;1-14,27-28H;1-12H. The van der Waals surface area contributed by atoms with Crippen molar-refractivity contribution in [2.75, 3.05) is 0 Å². The zero-order valence-corrected chi connectivity index (χ0v) is 51.2. The van der Waals surface area contributed by atoms with E-state index < -0.39 is 7.12 Å². The quantitative estimate of drug-likeness (QED) is 0.173. The number of hydrogen-bond acceptors (Lipinski definition) is 2. The van der Waals surface area contributed by atoms with E-state index in [4.69, 9.17) is 0 Å². The van der Waals surface area contributed by atoms with Crippen molar-refractivity contribution in [3.05, 3.63) is 320 Å². The van der Waals surface area contributed by atoms with Gasteiger partial charge in [0, 0.05) is 81.2 Å². The summed E-state index contributed by atoms with van der Waals surface area (Å²) in [6.07, 6.45) is 0. The van der Waals surface area contributed by atoms with Gasteiger partial charge in [-0.05, 0) is 130 Å². The topological polar surface area (TPSA) is 60.2 Å². The summed E-state index contributed by atoms with van der Waals surface area (Å²) < 4.78 is 10.6. The van der Waals surface area contributed by atoms with Crippen molar-refractivity contribution in [3.63, 3.8) is 0 Å². The molecular formula is C84H54BBrN4O2. The number of hydrogen-bond donors (Lipinski definition) is 2. The summed E-state index contributed by atoms with van der Waals surface area (Å²) in [4.78, 5) is 0. The average molecular weight is 1240 g/mol. The van der Waals surface area contributed by atoms with Crippen LogP contribution >= 0.6 is 15.9 Å². The van der Waals surface area contributed by atoms with Gasteiger partial charge in [0.25, 0.3) is 0 Å². The molecule has 0 unspecified atom stereocenters. The molecule has 0 amide bonds. The molecule has 2 aliphatic heterocycles. The van der Waals surface area contributed by atoms with Crippen LogP contribution in [-0.2, 0) is 0 Å². The predicted molar refractivity (Wildman–Crippen MR) is 389 cm³/mol. The van der Waals surface area contributed by atoms with Gasteiger partial charge in [-0.3, -0.25) is 0 Å². The first-order valence-electron chi connectivity index (χ1n) is 31.2. The molecule has 6 heterocycles. The maximum absolute atomic E-state index is 9.75. The molecule has 2 aliphatic rings. The monoisotopic (exact) mass is 1240 g/mol. The van der Waals surface area contributed by atoms with Gasteiger partial charge in [-0.25, -0.2) is 0 Å². The number of benzene rings is 14. The van der Waals surface area contributed by atoms with Crippen molar-refractivity contribution in [2.45, 2.75) is 0 Å². The average Bonchev–Trinajstić information content (AvgIpc) is 1.59. The number of rotatable bonds is 4. The Kier molecular flexibility index (Phi) is 12.5. The molecule has 0 saturated carbocycles. The molecule has 0 saturated heterocycles. The van der Waals surface area contributed by atoms with E-state index in [1.807, 2.05) is 18.2 Å². The maximum Gasteiger partial charge on any atom is 0.488 e. The minimum Gasteiger partial charge on any atom is -0.423 e. The molecule has 0 aliphatic carbocycles. The molecule has 6 nitrogen and oxygen atoms in total. The van der Waals surface area contributed by atoms with Crippen molar-refractivity contribution in [2.24, 2.45) is 0 Å². The molecule has 92 heavy (non-hydrogen) atoms. The third-order valence-electron chi connectivity index (χ3n) is 18.9. The minimum absolute atomic E-state index is 0.493. The lowest BCUT2D eigenvalue weighted by Gasteiger charge is -2.15. The first-order chi connectivity index (χ1) is 45.4. The molecule has 20 rings (SSSR count). The minimum atomic E-state index is -1.50. The zero-order valence-electron chi connectivity index (χ0n) is 49.7. The Morgan fingerprint density at radius 1 is 0.239 bits per heavy atom. The van der Waals surface area contributed by atoms with Crippen molar-refractivity contribution in [3.8, 4) is 78.4 Å². The Balaban J connectivity index is 0.000000111. The summed E-state index contributed by atoms with van der Waals surface area (Å²) in [5.41, 5.74) is 26.9. The van der Waals surface area contributed by atoms with E-state index in [1.54, 1.807) is 6.07 Å². The fraction of sp³-hybridized carbons (Fsp3) is 0. The molecular weight excluding hydrogens is 1190 g/mol. The third-order valence-corrected chi connectivity index (χ3v) is 19.4. The molecule has 432 valence electrons. The Labute approximate surface area is 538 Å². The van der Waals surface area contributed by atoms with E-state index >= 15 is 0 Å². The second kappa shape index (κ2) is 21.5. The molecule has 14 aromatic carbocycles. The van der Waals surface area contributed by atoms with Gasteiger partial charge in [0.15, 0.2) is 0 Å². The van der Waals surface area contributed by atoms with Crippen LogP contribution in [0, 0.1) is 0 Å². The van der Waals surface area contributed by atoms with Gasteiger partial charge < -0.3 is 28.3 Å². The molecule has 0 radical (unpaired) electrons. The SMILES string of the molecule is Brc1ccc(-n2c3ccccc3c3ccccc32)cc1.OB(O)c1ccc2c(c1)-c1ccccc1-c1cccc3c4ccccc4n-2c13.c1ccc2c(c1)-c1cc(-c3ccc(-n4c5ccccc5c5ccccc54)cc3)ccc1-n1c3ccccc3c3cccc-2c31. The number of aromatic nitrogens is 4. The molecule has 18 aromatic rings. The molecule has 0 fully saturated rings. The maximum atomic E-state index is 9.75. The molecule has 4 aromatic heterocycles. The Bertz CT molecular complexity index is 5900. The lowest BCUT2D eigenvalue weighted by molar-refractivity contribution is 0.426. The Morgan fingerprint density at radius 2 is 0.543 bits per heavy atom. The summed E-state index contributed by atoms with van der Waals surface area (Å²) in [5, 5.41) is 29.7. The summed E-state index contributed by atoms with van der Waals surface area (Å²) in [5.74, 6) is 0. The summed E-state index contributed by atoms with van der Waals surface area (Å²) in [6.45, 7) is 0. The van der Waals surface area contributed by atoms with E-state index in [1.165, 1.54) is 138 Å². The van der Waals surface area contributed by atoms with Crippen LogP contribution in [0.15, 0.2) is 320 Å². The smallest absolute Gasteiger partial charge is 0.423 e.